The van der Waals surface area contributed by atoms with Gasteiger partial charge >= 0.3 is 0 Å². The second-order valence-electron chi connectivity index (χ2n) is 6.69. The van der Waals surface area contributed by atoms with Crippen LogP contribution in [-0.2, 0) is 26.1 Å². The molecule has 1 aliphatic rings. The number of aryl methyl sites for hydroxylation is 1. The summed E-state index contributed by atoms with van der Waals surface area (Å²) in [7, 11) is 0. The van der Waals surface area contributed by atoms with Crippen LogP contribution in [0.4, 0.5) is 0 Å². The van der Waals surface area contributed by atoms with Gasteiger partial charge in [-0.2, -0.15) is 0 Å². The number of aromatic nitrogens is 4. The molecule has 1 unspecified atom stereocenters. The van der Waals surface area contributed by atoms with Crippen molar-refractivity contribution >= 4 is 0 Å². The summed E-state index contributed by atoms with van der Waals surface area (Å²) in [5, 5.41) is 11.7. The molecule has 0 saturated carbocycles. The first-order chi connectivity index (χ1) is 12.9. The standard InChI is InChI=1S/C20H23N5O/c1-2-10-22-18(3-1)14-26-19-7-4-16(5-8-19)11-21-12-17-6-9-20-24-23-15-25(20)13-17/h1-5,7-8,10,15,17,21H,6,9,11-14H2. The molecular weight excluding hydrogens is 326 g/mol. The van der Waals surface area contributed by atoms with E-state index in [1.54, 1.807) is 6.20 Å². The summed E-state index contributed by atoms with van der Waals surface area (Å²) in [6.45, 7) is 3.38. The third-order valence-corrected chi connectivity index (χ3v) is 4.73. The zero-order valence-corrected chi connectivity index (χ0v) is 14.7. The molecule has 6 heteroatoms. The number of benzene rings is 1. The minimum Gasteiger partial charge on any atom is -0.487 e. The molecule has 1 aliphatic heterocycles. The minimum absolute atomic E-state index is 0.491. The van der Waals surface area contributed by atoms with E-state index in [1.807, 2.05) is 36.7 Å². The first kappa shape index (κ1) is 16.7. The van der Waals surface area contributed by atoms with E-state index < -0.39 is 0 Å². The van der Waals surface area contributed by atoms with E-state index in [9.17, 15) is 0 Å². The summed E-state index contributed by atoms with van der Waals surface area (Å²) in [6.07, 6.45) is 5.82. The number of ether oxygens (including phenoxy) is 1. The van der Waals surface area contributed by atoms with Crippen LogP contribution in [0.15, 0.2) is 55.0 Å². The van der Waals surface area contributed by atoms with Crippen LogP contribution < -0.4 is 10.1 Å². The van der Waals surface area contributed by atoms with Gasteiger partial charge in [-0.05, 0) is 48.7 Å². The van der Waals surface area contributed by atoms with Crippen LogP contribution >= 0.6 is 0 Å². The van der Waals surface area contributed by atoms with Gasteiger partial charge in [0.25, 0.3) is 0 Å². The Kier molecular flexibility index (Phi) is 5.21. The first-order valence-corrected chi connectivity index (χ1v) is 9.06. The normalized spacial score (nSPS) is 16.2. The molecule has 1 aromatic carbocycles. The van der Waals surface area contributed by atoms with Crippen molar-refractivity contribution in [2.24, 2.45) is 5.92 Å². The molecule has 26 heavy (non-hydrogen) atoms. The summed E-state index contributed by atoms with van der Waals surface area (Å²) in [4.78, 5) is 4.26. The van der Waals surface area contributed by atoms with Gasteiger partial charge in [0.15, 0.2) is 0 Å². The van der Waals surface area contributed by atoms with Gasteiger partial charge in [0, 0.05) is 25.7 Å². The lowest BCUT2D eigenvalue weighted by Crippen LogP contribution is -2.29. The fourth-order valence-corrected chi connectivity index (χ4v) is 3.26. The van der Waals surface area contributed by atoms with Crippen LogP contribution in [0.2, 0.25) is 0 Å². The molecule has 0 amide bonds. The van der Waals surface area contributed by atoms with Gasteiger partial charge in [0.2, 0.25) is 0 Å². The molecule has 1 atom stereocenters. The highest BCUT2D eigenvalue weighted by molar-refractivity contribution is 5.27. The first-order valence-electron chi connectivity index (χ1n) is 9.06. The maximum Gasteiger partial charge on any atom is 0.132 e. The molecule has 1 N–H and O–H groups in total. The van der Waals surface area contributed by atoms with E-state index >= 15 is 0 Å². The van der Waals surface area contributed by atoms with Crippen LogP contribution in [0.5, 0.6) is 5.75 Å². The van der Waals surface area contributed by atoms with Crippen LogP contribution in [0.3, 0.4) is 0 Å². The molecule has 0 fully saturated rings. The monoisotopic (exact) mass is 349 g/mol. The van der Waals surface area contributed by atoms with Crippen molar-refractivity contribution in [2.45, 2.75) is 32.5 Å². The van der Waals surface area contributed by atoms with Crippen LogP contribution in [-0.4, -0.2) is 26.3 Å². The van der Waals surface area contributed by atoms with E-state index in [2.05, 4.69) is 37.2 Å². The van der Waals surface area contributed by atoms with Crippen molar-refractivity contribution < 1.29 is 4.74 Å². The van der Waals surface area contributed by atoms with Gasteiger partial charge in [-0.15, -0.1) is 10.2 Å². The number of fused-ring (bicyclic) bond motifs is 1. The van der Waals surface area contributed by atoms with Crippen LogP contribution in [0.25, 0.3) is 0 Å². The Morgan fingerprint density at radius 2 is 2.08 bits per heavy atom. The highest BCUT2D eigenvalue weighted by Gasteiger charge is 2.18. The van der Waals surface area contributed by atoms with E-state index in [0.29, 0.717) is 12.5 Å². The average molecular weight is 349 g/mol. The van der Waals surface area contributed by atoms with Crippen molar-refractivity contribution in [1.82, 2.24) is 25.1 Å². The van der Waals surface area contributed by atoms with Gasteiger partial charge in [-0.3, -0.25) is 4.98 Å². The van der Waals surface area contributed by atoms with E-state index in [0.717, 1.165) is 43.3 Å². The molecule has 3 aromatic rings. The predicted molar refractivity (Wildman–Crippen MR) is 98.6 cm³/mol. The molecule has 3 heterocycles. The molecular formula is C20H23N5O. The third-order valence-electron chi connectivity index (χ3n) is 4.73. The molecule has 4 rings (SSSR count). The van der Waals surface area contributed by atoms with Gasteiger partial charge in [0.05, 0.1) is 5.69 Å². The number of pyridine rings is 1. The number of hydrogen-bond acceptors (Lipinski definition) is 5. The molecule has 0 bridgehead atoms. The quantitative estimate of drug-likeness (QED) is 0.710. The van der Waals surface area contributed by atoms with Gasteiger partial charge in [-0.25, -0.2) is 0 Å². The highest BCUT2D eigenvalue weighted by Crippen LogP contribution is 2.18. The Bertz CT molecular complexity index is 816. The van der Waals surface area contributed by atoms with E-state index in [-0.39, 0.29) is 0 Å². The Morgan fingerprint density at radius 1 is 1.15 bits per heavy atom. The Hall–Kier alpha value is -2.73. The van der Waals surface area contributed by atoms with Crippen molar-refractivity contribution in [3.05, 3.63) is 72.1 Å². The number of nitrogens with zero attached hydrogens (tertiary/aromatic N) is 4. The number of nitrogens with one attached hydrogen (secondary N) is 1. The van der Waals surface area contributed by atoms with Gasteiger partial charge < -0.3 is 14.6 Å². The van der Waals surface area contributed by atoms with Crippen molar-refractivity contribution in [2.75, 3.05) is 6.54 Å². The summed E-state index contributed by atoms with van der Waals surface area (Å²) in [5.74, 6) is 2.62. The highest BCUT2D eigenvalue weighted by atomic mass is 16.5. The molecule has 2 aromatic heterocycles. The number of hydrogen-bond donors (Lipinski definition) is 1. The van der Waals surface area contributed by atoms with Gasteiger partial charge in [0.1, 0.15) is 24.5 Å². The fraction of sp³-hybridized carbons (Fsp3) is 0.350. The smallest absolute Gasteiger partial charge is 0.132 e. The molecule has 0 radical (unpaired) electrons. The van der Waals surface area contributed by atoms with Crippen molar-refractivity contribution in [3.8, 4) is 5.75 Å². The lowest BCUT2D eigenvalue weighted by Gasteiger charge is -2.23. The van der Waals surface area contributed by atoms with E-state index in [1.165, 1.54) is 12.0 Å². The second kappa shape index (κ2) is 8.10. The lowest BCUT2D eigenvalue weighted by atomic mass is 9.99. The Morgan fingerprint density at radius 3 is 2.92 bits per heavy atom. The summed E-state index contributed by atoms with van der Waals surface area (Å²) >= 11 is 0. The minimum atomic E-state index is 0.491. The SMILES string of the molecule is c1ccc(COc2ccc(CNCC3CCc4nncn4C3)cc2)nc1. The topological polar surface area (TPSA) is 64.9 Å². The third kappa shape index (κ3) is 4.26. The van der Waals surface area contributed by atoms with Crippen molar-refractivity contribution in [3.63, 3.8) is 0 Å². The average Bonchev–Trinajstić information content (AvgIpc) is 3.16. The molecule has 0 aliphatic carbocycles. The molecule has 0 spiro atoms. The summed E-state index contributed by atoms with van der Waals surface area (Å²) in [5.41, 5.74) is 2.19. The van der Waals surface area contributed by atoms with Crippen LogP contribution in [0, 0.1) is 5.92 Å². The predicted octanol–water partition coefficient (Wildman–Crippen LogP) is 2.60. The van der Waals surface area contributed by atoms with E-state index in [4.69, 9.17) is 4.74 Å². The van der Waals surface area contributed by atoms with Crippen molar-refractivity contribution in [1.29, 1.82) is 0 Å². The maximum atomic E-state index is 5.77. The zero-order valence-electron chi connectivity index (χ0n) is 14.7. The Labute approximate surface area is 153 Å². The molecule has 134 valence electrons. The molecule has 0 saturated heterocycles. The van der Waals surface area contributed by atoms with Crippen LogP contribution in [0.1, 0.15) is 23.5 Å². The Balaban J connectivity index is 1.21. The molecule has 6 nitrogen and oxygen atoms in total. The zero-order chi connectivity index (χ0) is 17.6. The van der Waals surface area contributed by atoms with Gasteiger partial charge in [-0.1, -0.05) is 18.2 Å². The summed E-state index contributed by atoms with van der Waals surface area (Å²) < 4.78 is 7.95. The maximum absolute atomic E-state index is 5.77. The number of rotatable bonds is 7. The largest absolute Gasteiger partial charge is 0.487 e. The fourth-order valence-electron chi connectivity index (χ4n) is 3.26. The summed E-state index contributed by atoms with van der Waals surface area (Å²) in [6, 6.07) is 14.1. The lowest BCUT2D eigenvalue weighted by molar-refractivity contribution is 0.301. The second-order valence-corrected chi connectivity index (χ2v) is 6.69.